The Bertz CT molecular complexity index is 508. The van der Waals surface area contributed by atoms with Gasteiger partial charge in [0.25, 0.3) is 5.69 Å². The Kier molecular flexibility index (Phi) is 5.91. The van der Waals surface area contributed by atoms with Gasteiger partial charge < -0.3 is 5.32 Å². The fourth-order valence-corrected chi connectivity index (χ4v) is 1.89. The lowest BCUT2D eigenvalue weighted by Gasteiger charge is -2.15. The lowest BCUT2D eigenvalue weighted by molar-refractivity contribution is -0.385. The minimum absolute atomic E-state index is 0.167. The third-order valence-electron chi connectivity index (χ3n) is 3.01. The van der Waals surface area contributed by atoms with E-state index in [1.807, 2.05) is 13.0 Å². The van der Waals surface area contributed by atoms with Crippen LogP contribution in [-0.4, -0.2) is 15.9 Å². The second kappa shape index (κ2) is 7.43. The van der Waals surface area contributed by atoms with Gasteiger partial charge in [-0.15, -0.1) is 0 Å². The van der Waals surface area contributed by atoms with E-state index in [0.717, 1.165) is 19.3 Å². The fourth-order valence-electron chi connectivity index (χ4n) is 1.89. The highest BCUT2D eigenvalue weighted by molar-refractivity contribution is 5.55. The largest absolute Gasteiger partial charge is 0.367 e. The van der Waals surface area contributed by atoms with Crippen molar-refractivity contribution in [2.24, 2.45) is 5.92 Å². The van der Waals surface area contributed by atoms with Crippen molar-refractivity contribution in [3.63, 3.8) is 0 Å². The Morgan fingerprint density at radius 1 is 1.45 bits per heavy atom. The van der Waals surface area contributed by atoms with Crippen LogP contribution < -0.4 is 5.32 Å². The van der Waals surface area contributed by atoms with E-state index in [1.165, 1.54) is 12.3 Å². The van der Waals surface area contributed by atoms with Gasteiger partial charge in [-0.05, 0) is 19.3 Å². The maximum Gasteiger partial charge on any atom is 0.289 e. The summed E-state index contributed by atoms with van der Waals surface area (Å²) in [6.07, 6.45) is 4.40. The summed E-state index contributed by atoms with van der Waals surface area (Å²) in [5, 5.41) is 22.8. The zero-order valence-electron chi connectivity index (χ0n) is 12.1. The molecule has 0 aromatic carbocycles. The van der Waals surface area contributed by atoms with Crippen molar-refractivity contribution >= 4 is 11.5 Å². The van der Waals surface area contributed by atoms with Crippen LogP contribution in [0.2, 0.25) is 0 Å². The average molecular weight is 276 g/mol. The van der Waals surface area contributed by atoms with E-state index in [2.05, 4.69) is 24.1 Å². The van der Waals surface area contributed by atoms with Gasteiger partial charge in [0.1, 0.15) is 23.6 Å². The first-order valence-corrected chi connectivity index (χ1v) is 6.75. The third-order valence-corrected chi connectivity index (χ3v) is 3.01. The normalized spacial score (nSPS) is 11.9. The summed E-state index contributed by atoms with van der Waals surface area (Å²) in [6, 6.07) is 3.36. The van der Waals surface area contributed by atoms with E-state index in [0.29, 0.717) is 11.7 Å². The minimum atomic E-state index is -0.552. The summed E-state index contributed by atoms with van der Waals surface area (Å²) in [5.41, 5.74) is 0.0365. The lowest BCUT2D eigenvalue weighted by Crippen LogP contribution is -2.17. The van der Waals surface area contributed by atoms with E-state index >= 15 is 0 Å². The standard InChI is InChI=1S/C14H20N4O2/c1-10(2)5-4-6-11(3)17-14-12(8-15)7-13(9-16-14)18(19)20/h7,9-11H,4-6H2,1-3H3,(H,16,17). The van der Waals surface area contributed by atoms with Gasteiger partial charge in [-0.25, -0.2) is 4.98 Å². The molecule has 0 fully saturated rings. The van der Waals surface area contributed by atoms with Crippen LogP contribution in [0.15, 0.2) is 12.3 Å². The first-order valence-electron chi connectivity index (χ1n) is 6.75. The molecule has 0 radical (unpaired) electrons. The Balaban J connectivity index is 2.68. The van der Waals surface area contributed by atoms with Gasteiger partial charge in [0.2, 0.25) is 0 Å². The van der Waals surface area contributed by atoms with Gasteiger partial charge >= 0.3 is 0 Å². The van der Waals surface area contributed by atoms with Crippen molar-refractivity contribution in [2.45, 2.75) is 46.1 Å². The Morgan fingerprint density at radius 3 is 2.70 bits per heavy atom. The molecule has 1 unspecified atom stereocenters. The van der Waals surface area contributed by atoms with Crippen LogP contribution >= 0.6 is 0 Å². The van der Waals surface area contributed by atoms with E-state index in [9.17, 15) is 10.1 Å². The third kappa shape index (κ3) is 4.84. The van der Waals surface area contributed by atoms with E-state index in [4.69, 9.17) is 5.26 Å². The zero-order chi connectivity index (χ0) is 15.1. The number of hydrogen-bond acceptors (Lipinski definition) is 5. The smallest absolute Gasteiger partial charge is 0.289 e. The first-order chi connectivity index (χ1) is 9.43. The van der Waals surface area contributed by atoms with Crippen molar-refractivity contribution in [3.05, 3.63) is 27.9 Å². The van der Waals surface area contributed by atoms with Crippen LogP contribution in [0.1, 0.15) is 45.6 Å². The zero-order valence-corrected chi connectivity index (χ0v) is 12.1. The van der Waals surface area contributed by atoms with Gasteiger partial charge in [-0.2, -0.15) is 5.26 Å². The number of pyridine rings is 1. The molecule has 0 aliphatic rings. The van der Waals surface area contributed by atoms with E-state index in [-0.39, 0.29) is 17.3 Å². The molecule has 1 aromatic rings. The molecule has 0 saturated heterocycles. The summed E-state index contributed by atoms with van der Waals surface area (Å²) in [4.78, 5) is 14.1. The molecule has 20 heavy (non-hydrogen) atoms. The molecule has 0 aliphatic heterocycles. The Labute approximate surface area is 119 Å². The number of nitro groups is 1. The monoisotopic (exact) mass is 276 g/mol. The molecule has 108 valence electrons. The number of hydrogen-bond donors (Lipinski definition) is 1. The second-order valence-corrected chi connectivity index (χ2v) is 5.33. The molecule has 0 saturated carbocycles. The van der Waals surface area contributed by atoms with Crippen LogP contribution in [0.4, 0.5) is 11.5 Å². The predicted molar refractivity (Wildman–Crippen MR) is 77.4 cm³/mol. The molecule has 1 atom stereocenters. The van der Waals surface area contributed by atoms with E-state index in [1.54, 1.807) is 0 Å². The van der Waals surface area contributed by atoms with Crippen molar-refractivity contribution in [2.75, 3.05) is 5.32 Å². The van der Waals surface area contributed by atoms with Crippen LogP contribution in [0.5, 0.6) is 0 Å². The van der Waals surface area contributed by atoms with Crippen LogP contribution in [0, 0.1) is 27.4 Å². The molecule has 1 N–H and O–H groups in total. The molecule has 0 spiro atoms. The Hall–Kier alpha value is -2.16. The van der Waals surface area contributed by atoms with E-state index < -0.39 is 4.92 Å². The number of anilines is 1. The number of rotatable bonds is 7. The molecule has 0 aliphatic carbocycles. The second-order valence-electron chi connectivity index (χ2n) is 5.33. The molecule has 6 heteroatoms. The number of nitrogens with one attached hydrogen (secondary N) is 1. The maximum absolute atomic E-state index is 10.6. The summed E-state index contributed by atoms with van der Waals surface area (Å²) in [6.45, 7) is 6.39. The molecule has 1 heterocycles. The molecular formula is C14H20N4O2. The van der Waals surface area contributed by atoms with Crippen LogP contribution in [0.3, 0.4) is 0 Å². The molecule has 1 aromatic heterocycles. The topological polar surface area (TPSA) is 91.8 Å². The van der Waals surface area contributed by atoms with Crippen molar-refractivity contribution in [3.8, 4) is 6.07 Å². The van der Waals surface area contributed by atoms with Crippen molar-refractivity contribution in [1.82, 2.24) is 4.98 Å². The highest BCUT2D eigenvalue weighted by atomic mass is 16.6. The summed E-state index contributed by atoms with van der Waals surface area (Å²) in [5.74, 6) is 1.09. The highest BCUT2D eigenvalue weighted by Crippen LogP contribution is 2.20. The predicted octanol–water partition coefficient (Wildman–Crippen LogP) is 3.49. The SMILES string of the molecule is CC(C)CCCC(C)Nc1ncc([N+](=O)[O-])cc1C#N. The lowest BCUT2D eigenvalue weighted by atomic mass is 10.0. The molecule has 0 bridgehead atoms. The molecule has 1 rings (SSSR count). The van der Waals surface area contributed by atoms with Gasteiger partial charge in [0, 0.05) is 12.1 Å². The molecule has 6 nitrogen and oxygen atoms in total. The average Bonchev–Trinajstić information content (AvgIpc) is 2.38. The van der Waals surface area contributed by atoms with Gasteiger partial charge in [-0.1, -0.05) is 26.7 Å². The summed E-state index contributed by atoms with van der Waals surface area (Å²) >= 11 is 0. The number of aromatic nitrogens is 1. The number of nitrogens with zero attached hydrogens (tertiary/aromatic N) is 3. The van der Waals surface area contributed by atoms with Gasteiger partial charge in [0.15, 0.2) is 0 Å². The van der Waals surface area contributed by atoms with Crippen molar-refractivity contribution < 1.29 is 4.92 Å². The summed E-state index contributed by atoms with van der Waals surface area (Å²) < 4.78 is 0. The quantitative estimate of drug-likeness (QED) is 0.608. The molecular weight excluding hydrogens is 256 g/mol. The minimum Gasteiger partial charge on any atom is -0.367 e. The first kappa shape index (κ1) is 15.9. The number of nitriles is 1. The fraction of sp³-hybridized carbons (Fsp3) is 0.571. The van der Waals surface area contributed by atoms with Gasteiger partial charge in [0.05, 0.1) is 4.92 Å². The molecule has 0 amide bonds. The van der Waals surface area contributed by atoms with Crippen LogP contribution in [0.25, 0.3) is 0 Å². The van der Waals surface area contributed by atoms with Crippen molar-refractivity contribution in [1.29, 1.82) is 5.26 Å². The maximum atomic E-state index is 10.6. The summed E-state index contributed by atoms with van der Waals surface area (Å²) in [7, 11) is 0. The van der Waals surface area contributed by atoms with Crippen LogP contribution in [-0.2, 0) is 0 Å². The Morgan fingerprint density at radius 2 is 2.15 bits per heavy atom. The van der Waals surface area contributed by atoms with Gasteiger partial charge in [-0.3, -0.25) is 10.1 Å². The highest BCUT2D eigenvalue weighted by Gasteiger charge is 2.13.